The number of aryl methyl sites for hydroxylation is 1. The van der Waals surface area contributed by atoms with Crippen molar-refractivity contribution in [1.82, 2.24) is 9.78 Å². The summed E-state index contributed by atoms with van der Waals surface area (Å²) >= 11 is 5.85. The van der Waals surface area contributed by atoms with Crippen LogP contribution in [0.3, 0.4) is 0 Å². The van der Waals surface area contributed by atoms with Crippen molar-refractivity contribution in [2.24, 2.45) is 18.7 Å². The predicted octanol–water partition coefficient (Wildman–Crippen LogP) is 1.24. The molecule has 0 aromatic carbocycles. The van der Waals surface area contributed by atoms with E-state index in [2.05, 4.69) is 5.10 Å². The van der Waals surface area contributed by atoms with Gasteiger partial charge in [0.25, 0.3) is 0 Å². The molecule has 0 spiro atoms. The van der Waals surface area contributed by atoms with E-state index in [0.717, 1.165) is 6.42 Å². The maximum atomic E-state index is 11.9. The van der Waals surface area contributed by atoms with Gasteiger partial charge < -0.3 is 5.73 Å². The molecular formula is C9H14ClN3O. The zero-order valence-electron chi connectivity index (χ0n) is 8.33. The number of hydrogen-bond donors (Lipinski definition) is 1. The molecule has 0 fully saturated rings. The number of hydrogen-bond acceptors (Lipinski definition) is 3. The number of rotatable bonds is 4. The third kappa shape index (κ3) is 1.96. The van der Waals surface area contributed by atoms with Crippen LogP contribution in [0.1, 0.15) is 23.8 Å². The molecule has 2 N–H and O–H groups in total. The first kappa shape index (κ1) is 11.2. The molecule has 78 valence electrons. The smallest absolute Gasteiger partial charge is 0.186 e. The Hall–Kier alpha value is -0.870. The molecule has 4 nitrogen and oxygen atoms in total. The third-order valence-electron chi connectivity index (χ3n) is 2.28. The largest absolute Gasteiger partial charge is 0.330 e. The standard InChI is InChI=1S/C9H14ClN3O/c1-3-6(4-11)9(14)8-7(10)5-12-13(8)2/h5-6H,3-4,11H2,1-2H3. The molecule has 0 aliphatic carbocycles. The van der Waals surface area contributed by atoms with E-state index in [1.807, 2.05) is 6.92 Å². The van der Waals surface area contributed by atoms with Gasteiger partial charge in [0.1, 0.15) is 5.69 Å². The van der Waals surface area contributed by atoms with Crippen molar-refractivity contribution in [2.75, 3.05) is 6.54 Å². The summed E-state index contributed by atoms with van der Waals surface area (Å²) in [7, 11) is 1.70. The Kier molecular flexibility index (Phi) is 3.66. The van der Waals surface area contributed by atoms with E-state index in [1.165, 1.54) is 10.9 Å². The van der Waals surface area contributed by atoms with Gasteiger partial charge in [0.2, 0.25) is 0 Å². The van der Waals surface area contributed by atoms with E-state index >= 15 is 0 Å². The van der Waals surface area contributed by atoms with Crippen molar-refractivity contribution in [3.8, 4) is 0 Å². The second kappa shape index (κ2) is 4.57. The van der Waals surface area contributed by atoms with Crippen LogP contribution in [-0.4, -0.2) is 22.1 Å². The Morgan fingerprint density at radius 2 is 2.43 bits per heavy atom. The highest BCUT2D eigenvalue weighted by Gasteiger charge is 2.22. The topological polar surface area (TPSA) is 60.9 Å². The third-order valence-corrected chi connectivity index (χ3v) is 2.55. The molecule has 0 bridgehead atoms. The van der Waals surface area contributed by atoms with Crippen molar-refractivity contribution in [3.05, 3.63) is 16.9 Å². The van der Waals surface area contributed by atoms with Gasteiger partial charge in [0, 0.05) is 19.5 Å². The molecule has 1 aromatic heterocycles. The number of ketones is 1. The van der Waals surface area contributed by atoms with Crippen LogP contribution in [0.2, 0.25) is 5.02 Å². The molecule has 1 atom stereocenters. The zero-order valence-corrected chi connectivity index (χ0v) is 9.08. The number of halogens is 1. The van der Waals surface area contributed by atoms with Crippen molar-refractivity contribution in [1.29, 1.82) is 0 Å². The van der Waals surface area contributed by atoms with Crippen LogP contribution in [-0.2, 0) is 7.05 Å². The molecule has 1 unspecified atom stereocenters. The van der Waals surface area contributed by atoms with Crippen LogP contribution in [0.4, 0.5) is 0 Å². The summed E-state index contributed by atoms with van der Waals surface area (Å²) in [5.74, 6) is -0.192. The SMILES string of the molecule is CCC(CN)C(=O)c1c(Cl)cnn1C. The first-order valence-electron chi connectivity index (χ1n) is 4.53. The molecule has 14 heavy (non-hydrogen) atoms. The van der Waals surface area contributed by atoms with Gasteiger partial charge in [-0.25, -0.2) is 0 Å². The van der Waals surface area contributed by atoms with E-state index in [9.17, 15) is 4.79 Å². The van der Waals surface area contributed by atoms with Crippen molar-refractivity contribution >= 4 is 17.4 Å². The van der Waals surface area contributed by atoms with Gasteiger partial charge in [0.15, 0.2) is 5.78 Å². The number of carbonyl (C=O) groups excluding carboxylic acids is 1. The molecule has 0 aliphatic heterocycles. The summed E-state index contributed by atoms with van der Waals surface area (Å²) < 4.78 is 1.49. The highest BCUT2D eigenvalue weighted by Crippen LogP contribution is 2.19. The van der Waals surface area contributed by atoms with Crippen LogP contribution in [0.25, 0.3) is 0 Å². The lowest BCUT2D eigenvalue weighted by Crippen LogP contribution is -2.25. The zero-order chi connectivity index (χ0) is 10.7. The summed E-state index contributed by atoms with van der Waals surface area (Å²) in [6.45, 7) is 2.27. The Morgan fingerprint density at radius 3 is 2.79 bits per heavy atom. The summed E-state index contributed by atoms with van der Waals surface area (Å²) in [5.41, 5.74) is 5.94. The molecule has 0 saturated carbocycles. The van der Waals surface area contributed by atoms with Crippen LogP contribution in [0, 0.1) is 5.92 Å². The number of Topliss-reactive ketones (excluding diaryl/α,β-unsaturated/α-hetero) is 1. The minimum atomic E-state index is -0.164. The Labute approximate surface area is 88.0 Å². The average molecular weight is 216 g/mol. The molecule has 0 radical (unpaired) electrons. The predicted molar refractivity (Wildman–Crippen MR) is 55.4 cm³/mol. The fourth-order valence-electron chi connectivity index (χ4n) is 1.34. The van der Waals surface area contributed by atoms with Crippen molar-refractivity contribution in [3.63, 3.8) is 0 Å². The lowest BCUT2D eigenvalue weighted by Gasteiger charge is -2.10. The maximum Gasteiger partial charge on any atom is 0.186 e. The summed E-state index contributed by atoms with van der Waals surface area (Å²) in [5, 5.41) is 4.30. The minimum Gasteiger partial charge on any atom is -0.330 e. The highest BCUT2D eigenvalue weighted by atomic mass is 35.5. The maximum absolute atomic E-state index is 11.9. The lowest BCUT2D eigenvalue weighted by atomic mass is 9.99. The first-order valence-corrected chi connectivity index (χ1v) is 4.91. The molecule has 0 amide bonds. The Bertz CT molecular complexity index is 311. The minimum absolute atomic E-state index is 0.0278. The average Bonchev–Trinajstić information content (AvgIpc) is 2.48. The number of carbonyl (C=O) groups is 1. The summed E-state index contributed by atoms with van der Waals surface area (Å²) in [6.07, 6.45) is 2.19. The lowest BCUT2D eigenvalue weighted by molar-refractivity contribution is 0.0912. The summed E-state index contributed by atoms with van der Waals surface area (Å²) in [4.78, 5) is 11.9. The van der Waals surface area contributed by atoms with E-state index in [0.29, 0.717) is 17.3 Å². The molecular weight excluding hydrogens is 202 g/mol. The number of aromatic nitrogens is 2. The monoisotopic (exact) mass is 215 g/mol. The molecule has 0 saturated heterocycles. The Balaban J connectivity index is 2.99. The van der Waals surface area contributed by atoms with Crippen molar-refractivity contribution < 1.29 is 4.79 Å². The molecule has 0 aliphatic rings. The van der Waals surface area contributed by atoms with Gasteiger partial charge >= 0.3 is 0 Å². The van der Waals surface area contributed by atoms with Crippen molar-refractivity contribution in [2.45, 2.75) is 13.3 Å². The first-order chi connectivity index (χ1) is 6.61. The fourth-order valence-corrected chi connectivity index (χ4v) is 1.60. The molecule has 1 aromatic rings. The molecule has 1 rings (SSSR count). The fraction of sp³-hybridized carbons (Fsp3) is 0.556. The van der Waals surface area contributed by atoms with Gasteiger partial charge in [-0.15, -0.1) is 0 Å². The quantitative estimate of drug-likeness (QED) is 0.769. The van der Waals surface area contributed by atoms with Crippen LogP contribution in [0.5, 0.6) is 0 Å². The van der Waals surface area contributed by atoms with Gasteiger partial charge in [-0.1, -0.05) is 18.5 Å². The van der Waals surface area contributed by atoms with Gasteiger partial charge in [-0.3, -0.25) is 9.48 Å². The normalized spacial score (nSPS) is 12.9. The Morgan fingerprint density at radius 1 is 1.79 bits per heavy atom. The summed E-state index contributed by atoms with van der Waals surface area (Å²) in [6, 6.07) is 0. The van der Waals surface area contributed by atoms with Gasteiger partial charge in [0.05, 0.1) is 11.2 Å². The highest BCUT2D eigenvalue weighted by molar-refractivity contribution is 6.33. The van der Waals surface area contributed by atoms with Crippen LogP contribution >= 0.6 is 11.6 Å². The van der Waals surface area contributed by atoms with E-state index in [4.69, 9.17) is 17.3 Å². The van der Waals surface area contributed by atoms with Crippen LogP contribution in [0.15, 0.2) is 6.20 Å². The number of nitrogens with two attached hydrogens (primary N) is 1. The second-order valence-corrected chi connectivity index (χ2v) is 3.58. The van der Waals surface area contributed by atoms with E-state index in [-0.39, 0.29) is 11.7 Å². The number of nitrogens with zero attached hydrogens (tertiary/aromatic N) is 2. The van der Waals surface area contributed by atoms with Gasteiger partial charge in [-0.2, -0.15) is 5.10 Å². The van der Waals surface area contributed by atoms with E-state index < -0.39 is 0 Å². The van der Waals surface area contributed by atoms with Gasteiger partial charge in [-0.05, 0) is 6.42 Å². The molecule has 5 heteroatoms. The van der Waals surface area contributed by atoms with Crippen LogP contribution < -0.4 is 5.73 Å². The molecule has 1 heterocycles. The second-order valence-electron chi connectivity index (χ2n) is 3.17. The van der Waals surface area contributed by atoms with E-state index in [1.54, 1.807) is 7.05 Å².